The molecule has 3 nitrogen and oxygen atoms in total. The van der Waals surface area contributed by atoms with Gasteiger partial charge >= 0.3 is 0 Å². The number of oxime groups is 1. The smallest absolute Gasteiger partial charge is 0.0733 e. The van der Waals surface area contributed by atoms with E-state index in [1.54, 1.807) is 12.4 Å². The molecule has 2 rings (SSSR count). The lowest BCUT2D eigenvalue weighted by Gasteiger charge is -2.00. The van der Waals surface area contributed by atoms with Crippen molar-refractivity contribution < 1.29 is 5.21 Å². The summed E-state index contributed by atoms with van der Waals surface area (Å²) < 4.78 is 0. The molecule has 74 valence electrons. The third-order valence-corrected chi connectivity index (χ3v) is 2.13. The molecular formula is C12H10N2O. The van der Waals surface area contributed by atoms with Crippen LogP contribution < -0.4 is 0 Å². The second-order valence-electron chi connectivity index (χ2n) is 3.10. The summed E-state index contributed by atoms with van der Waals surface area (Å²) in [4.78, 5) is 3.96. The predicted molar refractivity (Wildman–Crippen MR) is 59.1 cm³/mol. The normalized spacial score (nSPS) is 10.7. The molecule has 0 aliphatic carbocycles. The van der Waals surface area contributed by atoms with Crippen LogP contribution in [0.4, 0.5) is 0 Å². The number of hydrogen-bond acceptors (Lipinski definition) is 3. The maximum atomic E-state index is 8.37. The van der Waals surface area contributed by atoms with Crippen LogP contribution >= 0.6 is 0 Å². The van der Waals surface area contributed by atoms with Gasteiger partial charge in [0, 0.05) is 12.4 Å². The van der Waals surface area contributed by atoms with Crippen LogP contribution in [-0.2, 0) is 0 Å². The first kappa shape index (κ1) is 9.40. The van der Waals surface area contributed by atoms with Crippen molar-refractivity contribution in [3.05, 3.63) is 54.4 Å². The molecule has 0 fully saturated rings. The van der Waals surface area contributed by atoms with Crippen LogP contribution in [0.1, 0.15) is 5.56 Å². The van der Waals surface area contributed by atoms with Crippen LogP contribution in [0, 0.1) is 0 Å². The summed E-state index contributed by atoms with van der Waals surface area (Å²) in [6, 6.07) is 11.7. The Labute approximate surface area is 87.7 Å². The van der Waals surface area contributed by atoms with E-state index in [2.05, 4.69) is 10.1 Å². The molecule has 0 aliphatic rings. The molecule has 0 radical (unpaired) electrons. The zero-order valence-corrected chi connectivity index (χ0v) is 8.04. The lowest BCUT2D eigenvalue weighted by molar-refractivity contribution is 0.322. The molecule has 1 aromatic carbocycles. The number of rotatable bonds is 2. The highest BCUT2D eigenvalue weighted by molar-refractivity contribution is 5.80. The largest absolute Gasteiger partial charge is 0.411 e. The molecule has 1 aromatic heterocycles. The second kappa shape index (κ2) is 4.37. The molecule has 1 N–H and O–H groups in total. The van der Waals surface area contributed by atoms with E-state index in [1.165, 1.54) is 6.21 Å². The highest BCUT2D eigenvalue weighted by Gasteiger charge is 1.95. The fourth-order valence-corrected chi connectivity index (χ4v) is 1.37. The summed E-state index contributed by atoms with van der Waals surface area (Å²) in [5, 5.41) is 11.3. The Balaban J connectivity index is 2.32. The van der Waals surface area contributed by atoms with Gasteiger partial charge in [-0.2, -0.15) is 0 Å². The highest BCUT2D eigenvalue weighted by Crippen LogP contribution is 2.17. The van der Waals surface area contributed by atoms with E-state index in [4.69, 9.17) is 5.21 Å². The van der Waals surface area contributed by atoms with Gasteiger partial charge < -0.3 is 5.21 Å². The number of pyridine rings is 1. The summed E-state index contributed by atoms with van der Waals surface area (Å²) in [7, 11) is 0. The van der Waals surface area contributed by atoms with E-state index in [1.807, 2.05) is 36.4 Å². The van der Waals surface area contributed by atoms with Crippen molar-refractivity contribution >= 4 is 6.21 Å². The molecular weight excluding hydrogens is 188 g/mol. The minimum absolute atomic E-state index is 0.871. The van der Waals surface area contributed by atoms with E-state index in [0.29, 0.717) is 0 Å². The number of nitrogens with zero attached hydrogens (tertiary/aromatic N) is 2. The Bertz CT molecular complexity index is 449. The first-order chi connectivity index (χ1) is 7.40. The maximum Gasteiger partial charge on any atom is 0.0733 e. The Morgan fingerprint density at radius 1 is 0.933 bits per heavy atom. The van der Waals surface area contributed by atoms with Crippen molar-refractivity contribution in [3.63, 3.8) is 0 Å². The van der Waals surface area contributed by atoms with Gasteiger partial charge in [-0.25, -0.2) is 0 Å². The molecule has 0 saturated heterocycles. The molecule has 15 heavy (non-hydrogen) atoms. The zero-order valence-electron chi connectivity index (χ0n) is 8.04. The fourth-order valence-electron chi connectivity index (χ4n) is 1.37. The Hall–Kier alpha value is -2.16. The molecule has 0 unspecified atom stereocenters. The standard InChI is InChI=1S/C12H10N2O/c15-14-9-10-1-3-11(4-2-10)12-5-7-13-8-6-12/h1-9,15H. The monoisotopic (exact) mass is 198 g/mol. The minimum Gasteiger partial charge on any atom is -0.411 e. The van der Waals surface area contributed by atoms with Crippen molar-refractivity contribution in [1.29, 1.82) is 0 Å². The molecule has 0 saturated carbocycles. The van der Waals surface area contributed by atoms with E-state index in [0.717, 1.165) is 16.7 Å². The average molecular weight is 198 g/mol. The van der Waals surface area contributed by atoms with Gasteiger partial charge in [-0.05, 0) is 28.8 Å². The molecule has 0 aliphatic heterocycles. The second-order valence-corrected chi connectivity index (χ2v) is 3.10. The summed E-state index contributed by atoms with van der Waals surface area (Å²) in [6.45, 7) is 0. The van der Waals surface area contributed by atoms with Gasteiger partial charge in [-0.1, -0.05) is 29.4 Å². The van der Waals surface area contributed by atoms with Gasteiger partial charge in [0.1, 0.15) is 0 Å². The molecule has 0 atom stereocenters. The fraction of sp³-hybridized carbons (Fsp3) is 0. The van der Waals surface area contributed by atoms with Crippen molar-refractivity contribution in [3.8, 4) is 11.1 Å². The van der Waals surface area contributed by atoms with Crippen LogP contribution in [0.25, 0.3) is 11.1 Å². The lowest BCUT2D eigenvalue weighted by Crippen LogP contribution is -1.82. The lowest BCUT2D eigenvalue weighted by atomic mass is 10.1. The van der Waals surface area contributed by atoms with Gasteiger partial charge in [-0.15, -0.1) is 0 Å². The van der Waals surface area contributed by atoms with Crippen molar-refractivity contribution in [1.82, 2.24) is 4.98 Å². The van der Waals surface area contributed by atoms with Crippen LogP contribution in [0.15, 0.2) is 53.9 Å². The highest BCUT2D eigenvalue weighted by atomic mass is 16.4. The van der Waals surface area contributed by atoms with Crippen LogP contribution in [0.5, 0.6) is 0 Å². The van der Waals surface area contributed by atoms with Gasteiger partial charge in [0.2, 0.25) is 0 Å². The maximum absolute atomic E-state index is 8.37. The van der Waals surface area contributed by atoms with Crippen molar-refractivity contribution in [2.75, 3.05) is 0 Å². The van der Waals surface area contributed by atoms with Crippen LogP contribution in [0.2, 0.25) is 0 Å². The predicted octanol–water partition coefficient (Wildman–Crippen LogP) is 2.56. The minimum atomic E-state index is 0.871. The molecule has 0 bridgehead atoms. The SMILES string of the molecule is ON=Cc1ccc(-c2ccncc2)cc1. The summed E-state index contributed by atoms with van der Waals surface area (Å²) in [6.07, 6.45) is 4.92. The van der Waals surface area contributed by atoms with Gasteiger partial charge in [0.15, 0.2) is 0 Å². The van der Waals surface area contributed by atoms with Crippen molar-refractivity contribution in [2.45, 2.75) is 0 Å². The third kappa shape index (κ3) is 2.20. The number of hydrogen-bond donors (Lipinski definition) is 1. The van der Waals surface area contributed by atoms with E-state index in [9.17, 15) is 0 Å². The Morgan fingerprint density at radius 3 is 2.13 bits per heavy atom. The first-order valence-corrected chi connectivity index (χ1v) is 4.58. The average Bonchev–Trinajstić information content (AvgIpc) is 2.32. The van der Waals surface area contributed by atoms with E-state index in [-0.39, 0.29) is 0 Å². The molecule has 2 aromatic rings. The quantitative estimate of drug-likeness (QED) is 0.458. The topological polar surface area (TPSA) is 45.5 Å². The molecule has 0 amide bonds. The van der Waals surface area contributed by atoms with E-state index < -0.39 is 0 Å². The Morgan fingerprint density at radius 2 is 1.53 bits per heavy atom. The number of benzene rings is 1. The van der Waals surface area contributed by atoms with Gasteiger partial charge in [0.05, 0.1) is 6.21 Å². The summed E-state index contributed by atoms with van der Waals surface area (Å²) in [5.41, 5.74) is 3.11. The van der Waals surface area contributed by atoms with Crippen LogP contribution in [0.3, 0.4) is 0 Å². The van der Waals surface area contributed by atoms with E-state index >= 15 is 0 Å². The number of aromatic nitrogens is 1. The van der Waals surface area contributed by atoms with Gasteiger partial charge in [0.25, 0.3) is 0 Å². The summed E-state index contributed by atoms with van der Waals surface area (Å²) in [5.74, 6) is 0. The molecule has 0 spiro atoms. The molecule has 1 heterocycles. The summed E-state index contributed by atoms with van der Waals surface area (Å²) >= 11 is 0. The zero-order chi connectivity index (χ0) is 10.5. The third-order valence-electron chi connectivity index (χ3n) is 2.13. The van der Waals surface area contributed by atoms with Crippen molar-refractivity contribution in [2.24, 2.45) is 5.16 Å². The Kier molecular flexibility index (Phi) is 2.74. The van der Waals surface area contributed by atoms with Crippen LogP contribution in [-0.4, -0.2) is 16.4 Å². The van der Waals surface area contributed by atoms with Gasteiger partial charge in [-0.3, -0.25) is 4.98 Å². The first-order valence-electron chi connectivity index (χ1n) is 4.58. The molecule has 3 heteroatoms.